The number of Topliss-reactive ketones (excluding diaryl/α,β-unsaturated/α-hetero) is 1. The Hall–Kier alpha value is -0.370. The van der Waals surface area contributed by atoms with Crippen molar-refractivity contribution >= 4 is 5.78 Å². The predicted octanol–water partition coefficient (Wildman–Crippen LogP) is 2.03. The molecule has 2 nitrogen and oxygen atoms in total. The van der Waals surface area contributed by atoms with Gasteiger partial charge in [0.1, 0.15) is 5.78 Å². The van der Waals surface area contributed by atoms with E-state index in [1.54, 1.807) is 7.11 Å². The van der Waals surface area contributed by atoms with Crippen LogP contribution in [0.1, 0.15) is 32.6 Å². The smallest absolute Gasteiger partial charge is 0.135 e. The van der Waals surface area contributed by atoms with Crippen molar-refractivity contribution in [3.8, 4) is 0 Å². The highest BCUT2D eigenvalue weighted by Gasteiger charge is 2.27. The van der Waals surface area contributed by atoms with Crippen LogP contribution >= 0.6 is 0 Å². The van der Waals surface area contributed by atoms with E-state index in [4.69, 9.17) is 4.74 Å². The number of hydrogen-bond acceptors (Lipinski definition) is 2. The molecular formula is C10H18O2. The van der Waals surface area contributed by atoms with Gasteiger partial charge in [-0.1, -0.05) is 6.92 Å². The second-order valence-electron chi connectivity index (χ2n) is 3.69. The van der Waals surface area contributed by atoms with E-state index in [9.17, 15) is 4.79 Å². The van der Waals surface area contributed by atoms with Gasteiger partial charge < -0.3 is 4.74 Å². The van der Waals surface area contributed by atoms with E-state index in [-0.39, 0.29) is 5.92 Å². The van der Waals surface area contributed by atoms with Gasteiger partial charge in [0.05, 0.1) is 0 Å². The molecule has 0 saturated heterocycles. The molecule has 0 aromatic carbocycles. The number of rotatable bonds is 3. The van der Waals surface area contributed by atoms with Crippen LogP contribution in [0.2, 0.25) is 0 Å². The second-order valence-corrected chi connectivity index (χ2v) is 3.69. The third-order valence-corrected chi connectivity index (χ3v) is 2.91. The van der Waals surface area contributed by atoms with Crippen LogP contribution in [0.25, 0.3) is 0 Å². The summed E-state index contributed by atoms with van der Waals surface area (Å²) in [4.78, 5) is 11.3. The summed E-state index contributed by atoms with van der Waals surface area (Å²) in [6.07, 6.45) is 4.13. The maximum atomic E-state index is 11.3. The van der Waals surface area contributed by atoms with Crippen LogP contribution in [0.15, 0.2) is 0 Å². The van der Waals surface area contributed by atoms with Crippen molar-refractivity contribution in [2.24, 2.45) is 11.8 Å². The monoisotopic (exact) mass is 170 g/mol. The Morgan fingerprint density at radius 1 is 1.58 bits per heavy atom. The highest BCUT2D eigenvalue weighted by Crippen LogP contribution is 2.29. The van der Waals surface area contributed by atoms with E-state index < -0.39 is 0 Å². The zero-order valence-corrected chi connectivity index (χ0v) is 8.01. The lowest BCUT2D eigenvalue weighted by Crippen LogP contribution is -2.26. The van der Waals surface area contributed by atoms with Gasteiger partial charge >= 0.3 is 0 Å². The van der Waals surface area contributed by atoms with Crippen LogP contribution in [-0.2, 0) is 9.53 Å². The predicted molar refractivity (Wildman–Crippen MR) is 48.0 cm³/mol. The third kappa shape index (κ3) is 2.31. The maximum absolute atomic E-state index is 11.3. The number of hydrogen-bond donors (Lipinski definition) is 0. The molecule has 0 amide bonds. The largest absolute Gasteiger partial charge is 0.385 e. The third-order valence-electron chi connectivity index (χ3n) is 2.91. The number of ketones is 1. The lowest BCUT2D eigenvalue weighted by molar-refractivity contribution is -0.126. The minimum Gasteiger partial charge on any atom is -0.385 e. The Morgan fingerprint density at radius 2 is 2.33 bits per heavy atom. The standard InChI is InChI=1S/C10H18O2/c1-8-9(6-7-12-2)4-3-5-10(8)11/h8-9H,3-7H2,1-2H3/t8?,9-/m0/s1. The average Bonchev–Trinajstić information content (AvgIpc) is 2.08. The first kappa shape index (κ1) is 9.72. The van der Waals surface area contributed by atoms with Gasteiger partial charge in [-0.15, -0.1) is 0 Å². The van der Waals surface area contributed by atoms with Gasteiger partial charge in [0.15, 0.2) is 0 Å². The van der Waals surface area contributed by atoms with Crippen LogP contribution in [0.4, 0.5) is 0 Å². The second kappa shape index (κ2) is 4.61. The van der Waals surface area contributed by atoms with E-state index in [1.807, 2.05) is 0 Å². The van der Waals surface area contributed by atoms with Crippen molar-refractivity contribution in [2.45, 2.75) is 32.6 Å². The van der Waals surface area contributed by atoms with Crippen molar-refractivity contribution in [3.05, 3.63) is 0 Å². The molecule has 1 aliphatic carbocycles. The quantitative estimate of drug-likeness (QED) is 0.647. The molecule has 2 atom stereocenters. The van der Waals surface area contributed by atoms with E-state index in [2.05, 4.69) is 6.92 Å². The topological polar surface area (TPSA) is 26.3 Å². The molecule has 0 N–H and O–H groups in total. The van der Waals surface area contributed by atoms with Gasteiger partial charge in [-0.05, 0) is 25.2 Å². The molecule has 1 unspecified atom stereocenters. The highest BCUT2D eigenvalue weighted by atomic mass is 16.5. The van der Waals surface area contributed by atoms with Crippen molar-refractivity contribution in [1.29, 1.82) is 0 Å². The van der Waals surface area contributed by atoms with Gasteiger partial charge in [0, 0.05) is 26.1 Å². The van der Waals surface area contributed by atoms with Crippen LogP contribution in [0, 0.1) is 11.8 Å². The fourth-order valence-corrected chi connectivity index (χ4v) is 1.94. The molecular weight excluding hydrogens is 152 g/mol. The Morgan fingerprint density at radius 3 is 3.00 bits per heavy atom. The molecule has 1 aliphatic rings. The fraction of sp³-hybridized carbons (Fsp3) is 0.900. The molecule has 12 heavy (non-hydrogen) atoms. The fourth-order valence-electron chi connectivity index (χ4n) is 1.94. The number of ether oxygens (including phenoxy) is 1. The summed E-state index contributed by atoms with van der Waals surface area (Å²) in [6, 6.07) is 0. The number of carbonyl (C=O) groups is 1. The van der Waals surface area contributed by atoms with Crippen molar-refractivity contribution in [3.63, 3.8) is 0 Å². The first-order chi connectivity index (χ1) is 5.75. The summed E-state index contributed by atoms with van der Waals surface area (Å²) >= 11 is 0. The molecule has 70 valence electrons. The molecule has 0 aromatic rings. The summed E-state index contributed by atoms with van der Waals surface area (Å²) in [5, 5.41) is 0. The SMILES string of the molecule is COCC[C@@H]1CCCC(=O)C1C. The summed E-state index contributed by atoms with van der Waals surface area (Å²) < 4.78 is 5.02. The number of carbonyl (C=O) groups excluding carboxylic acids is 1. The summed E-state index contributed by atoms with van der Waals surface area (Å²) in [5.74, 6) is 1.29. The van der Waals surface area contributed by atoms with E-state index in [0.29, 0.717) is 11.7 Å². The zero-order chi connectivity index (χ0) is 8.97. The van der Waals surface area contributed by atoms with Gasteiger partial charge in [-0.2, -0.15) is 0 Å². The van der Waals surface area contributed by atoms with Gasteiger partial charge in [0.25, 0.3) is 0 Å². The molecule has 1 fully saturated rings. The molecule has 0 aliphatic heterocycles. The van der Waals surface area contributed by atoms with Gasteiger partial charge in [0.2, 0.25) is 0 Å². The Kier molecular flexibility index (Phi) is 3.73. The van der Waals surface area contributed by atoms with Crippen molar-refractivity contribution in [2.75, 3.05) is 13.7 Å². The molecule has 0 heterocycles. The summed E-state index contributed by atoms with van der Waals surface area (Å²) in [6.45, 7) is 2.85. The lowest BCUT2D eigenvalue weighted by Gasteiger charge is -2.27. The van der Waals surface area contributed by atoms with Crippen LogP contribution < -0.4 is 0 Å². The summed E-state index contributed by atoms with van der Waals surface area (Å²) in [7, 11) is 1.72. The molecule has 0 radical (unpaired) electrons. The minimum atomic E-state index is 0.272. The lowest BCUT2D eigenvalue weighted by atomic mass is 9.78. The molecule has 0 spiro atoms. The minimum absolute atomic E-state index is 0.272. The molecule has 0 bridgehead atoms. The average molecular weight is 170 g/mol. The first-order valence-corrected chi connectivity index (χ1v) is 4.77. The van der Waals surface area contributed by atoms with Crippen molar-refractivity contribution in [1.82, 2.24) is 0 Å². The Bertz CT molecular complexity index is 154. The van der Waals surface area contributed by atoms with Crippen molar-refractivity contribution < 1.29 is 9.53 Å². The molecule has 0 aromatic heterocycles. The first-order valence-electron chi connectivity index (χ1n) is 4.77. The van der Waals surface area contributed by atoms with Crippen LogP contribution in [0.5, 0.6) is 0 Å². The molecule has 2 heteroatoms. The molecule has 1 saturated carbocycles. The van der Waals surface area contributed by atoms with Gasteiger partial charge in [-0.25, -0.2) is 0 Å². The maximum Gasteiger partial charge on any atom is 0.135 e. The van der Waals surface area contributed by atoms with E-state index in [0.717, 1.165) is 25.9 Å². The summed E-state index contributed by atoms with van der Waals surface area (Å²) in [5.41, 5.74) is 0. The normalized spacial score (nSPS) is 30.7. The zero-order valence-electron chi connectivity index (χ0n) is 8.01. The molecule has 1 rings (SSSR count). The Labute approximate surface area is 74.3 Å². The van der Waals surface area contributed by atoms with E-state index >= 15 is 0 Å². The highest BCUT2D eigenvalue weighted by molar-refractivity contribution is 5.81. The van der Waals surface area contributed by atoms with Crippen LogP contribution in [-0.4, -0.2) is 19.5 Å². The van der Waals surface area contributed by atoms with E-state index in [1.165, 1.54) is 6.42 Å². The Balaban J connectivity index is 2.35. The number of methoxy groups -OCH3 is 1. The van der Waals surface area contributed by atoms with Crippen LogP contribution in [0.3, 0.4) is 0 Å². The van der Waals surface area contributed by atoms with Gasteiger partial charge in [-0.3, -0.25) is 4.79 Å².